The number of nitrogens with one attached hydrogen (secondary N) is 1. The van der Waals surface area contributed by atoms with Gasteiger partial charge in [-0.05, 0) is 35.1 Å². The van der Waals surface area contributed by atoms with Crippen LogP contribution < -0.4 is 14.8 Å². The van der Waals surface area contributed by atoms with E-state index >= 15 is 0 Å². The molecule has 4 rings (SSSR count). The SMILES string of the molecule is COc1cc([C@@H]2CC(=O)NC3=C2C(=O)CC(C)(C)C3)ccc1OCc1ccccc1. The topological polar surface area (TPSA) is 64.6 Å². The number of ketones is 1. The highest BCUT2D eigenvalue weighted by Gasteiger charge is 2.40. The van der Waals surface area contributed by atoms with Crippen molar-refractivity contribution in [1.82, 2.24) is 5.32 Å². The van der Waals surface area contributed by atoms with E-state index in [2.05, 4.69) is 19.2 Å². The molecule has 2 aliphatic rings. The van der Waals surface area contributed by atoms with Crippen molar-refractivity contribution in [3.8, 4) is 11.5 Å². The average molecular weight is 405 g/mol. The summed E-state index contributed by atoms with van der Waals surface area (Å²) in [5, 5.41) is 2.95. The molecular formula is C25H27NO4. The lowest BCUT2D eigenvalue weighted by molar-refractivity contribution is -0.122. The minimum atomic E-state index is -0.255. The standard InChI is InChI=1S/C25H27NO4/c1-25(2)13-19-24(20(27)14-25)18(12-23(28)26-19)17-9-10-21(22(11-17)29-3)30-15-16-7-5-4-6-8-16/h4-11,18H,12-15H2,1-3H3,(H,26,28)/t18-/m0/s1. The van der Waals surface area contributed by atoms with Crippen molar-refractivity contribution in [2.45, 2.75) is 45.6 Å². The molecule has 0 saturated heterocycles. The number of allylic oxidation sites excluding steroid dienone is 2. The number of hydrogen-bond acceptors (Lipinski definition) is 4. The smallest absolute Gasteiger partial charge is 0.225 e. The lowest BCUT2D eigenvalue weighted by Gasteiger charge is -2.37. The van der Waals surface area contributed by atoms with Gasteiger partial charge in [-0.2, -0.15) is 0 Å². The molecule has 1 aliphatic carbocycles. The van der Waals surface area contributed by atoms with E-state index in [-0.39, 0.29) is 29.4 Å². The molecule has 5 heteroatoms. The van der Waals surface area contributed by atoms with E-state index in [0.29, 0.717) is 30.9 Å². The van der Waals surface area contributed by atoms with Gasteiger partial charge < -0.3 is 14.8 Å². The van der Waals surface area contributed by atoms with Crippen LogP contribution in [0.4, 0.5) is 0 Å². The van der Waals surface area contributed by atoms with E-state index in [4.69, 9.17) is 9.47 Å². The van der Waals surface area contributed by atoms with E-state index in [9.17, 15) is 9.59 Å². The Kier molecular flexibility index (Phi) is 5.37. The van der Waals surface area contributed by atoms with Crippen molar-refractivity contribution in [3.63, 3.8) is 0 Å². The Morgan fingerprint density at radius 3 is 2.53 bits per heavy atom. The molecule has 2 aromatic carbocycles. The Labute approximate surface area is 177 Å². The fourth-order valence-corrected chi connectivity index (χ4v) is 4.40. The molecule has 1 atom stereocenters. The van der Waals surface area contributed by atoms with Crippen LogP contribution in [0.25, 0.3) is 0 Å². The third-order valence-electron chi connectivity index (χ3n) is 5.78. The number of benzene rings is 2. The fraction of sp³-hybridized carbons (Fsp3) is 0.360. The van der Waals surface area contributed by atoms with Crippen molar-refractivity contribution in [2.24, 2.45) is 5.41 Å². The summed E-state index contributed by atoms with van der Waals surface area (Å²) in [6, 6.07) is 15.6. The highest BCUT2D eigenvalue weighted by atomic mass is 16.5. The molecule has 0 bridgehead atoms. The molecule has 0 fully saturated rings. The number of amides is 1. The summed E-state index contributed by atoms with van der Waals surface area (Å²) in [5.74, 6) is 1.05. The summed E-state index contributed by atoms with van der Waals surface area (Å²) in [4.78, 5) is 25.3. The predicted molar refractivity (Wildman–Crippen MR) is 114 cm³/mol. The largest absolute Gasteiger partial charge is 0.493 e. The summed E-state index contributed by atoms with van der Waals surface area (Å²) in [6.07, 6.45) is 1.46. The van der Waals surface area contributed by atoms with Crippen LogP contribution in [0.3, 0.4) is 0 Å². The number of carbonyl (C=O) groups excluding carboxylic acids is 2. The highest BCUT2D eigenvalue weighted by molar-refractivity contribution is 6.02. The monoisotopic (exact) mass is 405 g/mol. The zero-order valence-electron chi connectivity index (χ0n) is 17.7. The number of rotatable bonds is 5. The van der Waals surface area contributed by atoms with Crippen LogP contribution in [-0.4, -0.2) is 18.8 Å². The van der Waals surface area contributed by atoms with Crippen molar-refractivity contribution in [3.05, 3.63) is 70.9 Å². The number of carbonyl (C=O) groups is 2. The van der Waals surface area contributed by atoms with Gasteiger partial charge in [0.15, 0.2) is 17.3 Å². The van der Waals surface area contributed by atoms with Crippen LogP contribution in [0, 0.1) is 5.41 Å². The van der Waals surface area contributed by atoms with Crippen LogP contribution >= 0.6 is 0 Å². The molecule has 156 valence electrons. The first-order valence-corrected chi connectivity index (χ1v) is 10.3. The van der Waals surface area contributed by atoms with Crippen molar-refractivity contribution < 1.29 is 19.1 Å². The Balaban J connectivity index is 1.63. The van der Waals surface area contributed by atoms with E-state index in [0.717, 1.165) is 22.4 Å². The van der Waals surface area contributed by atoms with Crippen LogP contribution in [-0.2, 0) is 16.2 Å². The van der Waals surface area contributed by atoms with Crippen molar-refractivity contribution >= 4 is 11.7 Å². The molecule has 0 saturated carbocycles. The molecule has 0 radical (unpaired) electrons. The minimum absolute atomic E-state index is 0.0485. The second-order valence-electron chi connectivity index (χ2n) is 8.82. The highest BCUT2D eigenvalue weighted by Crippen LogP contribution is 2.45. The number of ether oxygens (including phenoxy) is 2. The maximum absolute atomic E-state index is 13.0. The summed E-state index contributed by atoms with van der Waals surface area (Å²) in [7, 11) is 1.60. The summed E-state index contributed by atoms with van der Waals surface area (Å²) >= 11 is 0. The van der Waals surface area contributed by atoms with Gasteiger partial charge in [0.25, 0.3) is 0 Å². The van der Waals surface area contributed by atoms with E-state index in [1.807, 2.05) is 48.5 Å². The van der Waals surface area contributed by atoms with Gasteiger partial charge in [0.05, 0.1) is 7.11 Å². The molecule has 1 aliphatic heterocycles. The average Bonchev–Trinajstić information content (AvgIpc) is 2.71. The summed E-state index contributed by atoms with van der Waals surface area (Å²) < 4.78 is 11.5. The molecule has 1 amide bonds. The summed E-state index contributed by atoms with van der Waals surface area (Å²) in [6.45, 7) is 4.56. The van der Waals surface area contributed by atoms with Crippen molar-refractivity contribution in [2.75, 3.05) is 7.11 Å². The van der Waals surface area contributed by atoms with E-state index < -0.39 is 0 Å². The first kappa shape index (κ1) is 20.2. The van der Waals surface area contributed by atoms with Gasteiger partial charge in [-0.25, -0.2) is 0 Å². The molecule has 1 heterocycles. The van der Waals surface area contributed by atoms with Gasteiger partial charge >= 0.3 is 0 Å². The fourth-order valence-electron chi connectivity index (χ4n) is 4.40. The van der Waals surface area contributed by atoms with Crippen LogP contribution in [0.2, 0.25) is 0 Å². The van der Waals surface area contributed by atoms with Crippen LogP contribution in [0.1, 0.15) is 50.2 Å². The van der Waals surface area contributed by atoms with Crippen LogP contribution in [0.5, 0.6) is 11.5 Å². The zero-order chi connectivity index (χ0) is 21.3. The van der Waals surface area contributed by atoms with E-state index in [1.165, 1.54) is 0 Å². The lowest BCUT2D eigenvalue weighted by Crippen LogP contribution is -2.40. The molecule has 0 aromatic heterocycles. The van der Waals surface area contributed by atoms with E-state index in [1.54, 1.807) is 7.11 Å². The first-order chi connectivity index (χ1) is 14.4. The van der Waals surface area contributed by atoms with Gasteiger partial charge in [0, 0.05) is 30.0 Å². The molecule has 0 unspecified atom stereocenters. The van der Waals surface area contributed by atoms with Crippen molar-refractivity contribution in [1.29, 1.82) is 0 Å². The number of methoxy groups -OCH3 is 1. The third-order valence-corrected chi connectivity index (χ3v) is 5.78. The third kappa shape index (κ3) is 4.11. The van der Waals surface area contributed by atoms with Gasteiger partial charge in [-0.3, -0.25) is 9.59 Å². The Bertz CT molecular complexity index is 1010. The maximum Gasteiger partial charge on any atom is 0.225 e. The van der Waals surface area contributed by atoms with Gasteiger partial charge in [-0.1, -0.05) is 50.2 Å². The number of Topliss-reactive ketones (excluding diaryl/α,β-unsaturated/α-hetero) is 1. The molecule has 5 nitrogen and oxygen atoms in total. The van der Waals surface area contributed by atoms with Gasteiger partial charge in [-0.15, -0.1) is 0 Å². The quantitative estimate of drug-likeness (QED) is 0.794. The Morgan fingerprint density at radius 1 is 1.03 bits per heavy atom. The molecular weight excluding hydrogens is 378 g/mol. The van der Waals surface area contributed by atoms with Gasteiger partial charge in [0.2, 0.25) is 5.91 Å². The minimum Gasteiger partial charge on any atom is -0.493 e. The second-order valence-corrected chi connectivity index (χ2v) is 8.82. The van der Waals surface area contributed by atoms with Gasteiger partial charge in [0.1, 0.15) is 6.61 Å². The molecule has 2 aromatic rings. The first-order valence-electron chi connectivity index (χ1n) is 10.3. The predicted octanol–water partition coefficient (Wildman–Crippen LogP) is 4.52. The maximum atomic E-state index is 13.0. The Hall–Kier alpha value is -3.08. The molecule has 1 N–H and O–H groups in total. The molecule has 0 spiro atoms. The normalized spacial score (nSPS) is 20.4. The Morgan fingerprint density at radius 2 is 1.80 bits per heavy atom. The zero-order valence-corrected chi connectivity index (χ0v) is 17.7. The summed E-state index contributed by atoms with van der Waals surface area (Å²) in [5.41, 5.74) is 3.35. The number of hydrogen-bond donors (Lipinski definition) is 1. The lowest BCUT2D eigenvalue weighted by atomic mass is 9.70. The second kappa shape index (κ2) is 7.98. The van der Waals surface area contributed by atoms with Crippen LogP contribution in [0.15, 0.2) is 59.8 Å². The molecule has 30 heavy (non-hydrogen) atoms.